The maximum Gasteiger partial charge on any atom is 0.119 e. The van der Waals surface area contributed by atoms with E-state index >= 15 is 0 Å². The van der Waals surface area contributed by atoms with Crippen LogP contribution in [0.2, 0.25) is 0 Å². The SMILES string of the molecule is OCCCCCCCCOCCOc1ccc(C2(c3ccc(OCCOCCCCCCCCO)cc3)c3ccccc3-c3ccccc32)cc1. The van der Waals surface area contributed by atoms with Gasteiger partial charge in [0.15, 0.2) is 0 Å². The average molecular weight is 695 g/mol. The molecule has 0 saturated heterocycles. The van der Waals surface area contributed by atoms with Crippen LogP contribution in [0.15, 0.2) is 97.1 Å². The van der Waals surface area contributed by atoms with E-state index in [1.807, 2.05) is 0 Å². The summed E-state index contributed by atoms with van der Waals surface area (Å²) in [6, 6.07) is 34.7. The Morgan fingerprint density at radius 1 is 0.373 bits per heavy atom. The Balaban J connectivity index is 1.19. The van der Waals surface area contributed by atoms with Crippen molar-refractivity contribution < 1.29 is 29.2 Å². The Hall–Kier alpha value is -3.68. The second-order valence-electron chi connectivity index (χ2n) is 13.5. The van der Waals surface area contributed by atoms with Gasteiger partial charge in [0.2, 0.25) is 0 Å². The van der Waals surface area contributed by atoms with Crippen LogP contribution in [-0.2, 0) is 14.9 Å². The first kappa shape index (κ1) is 38.5. The van der Waals surface area contributed by atoms with Crippen LogP contribution in [0.4, 0.5) is 0 Å². The molecule has 0 aromatic heterocycles. The predicted octanol–water partition coefficient (Wildman–Crippen LogP) is 9.51. The van der Waals surface area contributed by atoms with Gasteiger partial charge in [-0.3, -0.25) is 0 Å². The van der Waals surface area contributed by atoms with Crippen molar-refractivity contribution in [2.75, 3.05) is 52.9 Å². The number of rotatable bonds is 26. The van der Waals surface area contributed by atoms with Gasteiger partial charge in [-0.15, -0.1) is 0 Å². The second kappa shape index (κ2) is 21.6. The lowest BCUT2D eigenvalue weighted by atomic mass is 9.68. The van der Waals surface area contributed by atoms with Crippen molar-refractivity contribution >= 4 is 0 Å². The topological polar surface area (TPSA) is 77.4 Å². The number of hydrogen-bond donors (Lipinski definition) is 2. The van der Waals surface area contributed by atoms with Gasteiger partial charge >= 0.3 is 0 Å². The van der Waals surface area contributed by atoms with Gasteiger partial charge in [-0.1, -0.05) is 124 Å². The van der Waals surface area contributed by atoms with Crippen LogP contribution < -0.4 is 9.47 Å². The lowest BCUT2D eigenvalue weighted by Crippen LogP contribution is -2.28. The zero-order valence-corrected chi connectivity index (χ0v) is 30.4. The van der Waals surface area contributed by atoms with Crippen molar-refractivity contribution in [3.63, 3.8) is 0 Å². The molecule has 0 atom stereocenters. The van der Waals surface area contributed by atoms with Gasteiger partial charge in [0.1, 0.15) is 24.7 Å². The molecule has 4 aromatic rings. The van der Waals surface area contributed by atoms with E-state index < -0.39 is 5.41 Å². The Morgan fingerprint density at radius 2 is 0.745 bits per heavy atom. The van der Waals surface area contributed by atoms with Gasteiger partial charge in [-0.2, -0.15) is 0 Å². The van der Waals surface area contributed by atoms with Gasteiger partial charge in [-0.05, 0) is 83.3 Å². The molecule has 6 heteroatoms. The number of ether oxygens (including phenoxy) is 4. The molecular weight excluding hydrogens is 636 g/mol. The van der Waals surface area contributed by atoms with Gasteiger partial charge < -0.3 is 29.2 Å². The van der Waals surface area contributed by atoms with E-state index in [-0.39, 0.29) is 0 Å². The molecule has 0 saturated carbocycles. The zero-order valence-electron chi connectivity index (χ0n) is 30.4. The van der Waals surface area contributed by atoms with Crippen LogP contribution >= 0.6 is 0 Å². The van der Waals surface area contributed by atoms with E-state index in [1.54, 1.807) is 0 Å². The summed E-state index contributed by atoms with van der Waals surface area (Å²) in [6.07, 6.45) is 13.3. The molecule has 274 valence electrons. The molecule has 0 radical (unpaired) electrons. The van der Waals surface area contributed by atoms with Crippen LogP contribution in [0.25, 0.3) is 11.1 Å². The van der Waals surface area contributed by atoms with Crippen LogP contribution in [-0.4, -0.2) is 63.1 Å². The molecule has 1 aliphatic carbocycles. The van der Waals surface area contributed by atoms with Crippen LogP contribution in [0.1, 0.15) is 99.3 Å². The fraction of sp³-hybridized carbons (Fsp3) is 0.467. The largest absolute Gasteiger partial charge is 0.491 e. The molecule has 5 rings (SSSR count). The molecule has 0 bridgehead atoms. The summed E-state index contributed by atoms with van der Waals surface area (Å²) in [4.78, 5) is 0. The molecule has 0 unspecified atom stereocenters. The number of aliphatic hydroxyl groups is 2. The van der Waals surface area contributed by atoms with E-state index in [2.05, 4.69) is 97.1 Å². The first-order chi connectivity index (χ1) is 25.3. The summed E-state index contributed by atoms with van der Waals surface area (Å²) >= 11 is 0. The summed E-state index contributed by atoms with van der Waals surface area (Å²) in [7, 11) is 0. The minimum Gasteiger partial charge on any atom is -0.491 e. The molecule has 2 N–H and O–H groups in total. The molecule has 0 heterocycles. The van der Waals surface area contributed by atoms with Gasteiger partial charge in [0.25, 0.3) is 0 Å². The summed E-state index contributed by atoms with van der Waals surface area (Å²) in [6.45, 7) is 4.30. The Morgan fingerprint density at radius 3 is 1.16 bits per heavy atom. The normalized spacial score (nSPS) is 12.8. The third kappa shape index (κ3) is 10.7. The summed E-state index contributed by atoms with van der Waals surface area (Å²) in [5, 5.41) is 17.8. The van der Waals surface area contributed by atoms with Gasteiger partial charge in [0.05, 0.1) is 18.6 Å². The predicted molar refractivity (Wildman–Crippen MR) is 206 cm³/mol. The van der Waals surface area contributed by atoms with E-state index in [0.29, 0.717) is 39.6 Å². The molecule has 0 fully saturated rings. The first-order valence-electron chi connectivity index (χ1n) is 19.3. The van der Waals surface area contributed by atoms with Crippen molar-refractivity contribution in [2.45, 2.75) is 82.5 Å². The van der Waals surface area contributed by atoms with Crippen molar-refractivity contribution in [3.8, 4) is 22.6 Å². The standard InChI is InChI=1S/C45H58O6/c46-29-13-5-1-3-7-15-31-48-33-35-50-39-25-21-37(22-26-39)45(43-19-11-9-17-41(43)42-18-10-12-20-44(42)45)38-23-27-40(28-24-38)51-36-34-49-32-16-8-4-2-6-14-30-47/h9-12,17-28,46-47H,1-8,13-16,29-36H2. The number of hydrogen-bond acceptors (Lipinski definition) is 6. The minimum absolute atomic E-state index is 0.297. The number of aliphatic hydroxyl groups excluding tert-OH is 2. The number of unbranched alkanes of at least 4 members (excludes halogenated alkanes) is 10. The number of benzene rings is 4. The number of fused-ring (bicyclic) bond motifs is 3. The minimum atomic E-state index is -0.480. The molecule has 0 spiro atoms. The lowest BCUT2D eigenvalue weighted by Gasteiger charge is -2.34. The Labute approximate surface area is 305 Å². The van der Waals surface area contributed by atoms with Crippen LogP contribution in [0.5, 0.6) is 11.5 Å². The smallest absolute Gasteiger partial charge is 0.119 e. The highest BCUT2D eigenvalue weighted by molar-refractivity contribution is 5.86. The monoisotopic (exact) mass is 694 g/mol. The van der Waals surface area contributed by atoms with Crippen LogP contribution in [0, 0.1) is 0 Å². The van der Waals surface area contributed by atoms with E-state index in [9.17, 15) is 0 Å². The molecule has 4 aromatic carbocycles. The first-order valence-corrected chi connectivity index (χ1v) is 19.3. The van der Waals surface area contributed by atoms with Crippen molar-refractivity contribution in [3.05, 3.63) is 119 Å². The molecule has 6 nitrogen and oxygen atoms in total. The summed E-state index contributed by atoms with van der Waals surface area (Å²) < 4.78 is 23.8. The van der Waals surface area contributed by atoms with Crippen molar-refractivity contribution in [1.29, 1.82) is 0 Å². The molecule has 0 amide bonds. The molecule has 51 heavy (non-hydrogen) atoms. The third-order valence-electron chi connectivity index (χ3n) is 9.91. The third-order valence-corrected chi connectivity index (χ3v) is 9.91. The summed E-state index contributed by atoms with van der Waals surface area (Å²) in [5.41, 5.74) is 6.98. The zero-order chi connectivity index (χ0) is 35.4. The quantitative estimate of drug-likeness (QED) is 0.0562. The Bertz CT molecular complexity index is 1420. The van der Waals surface area contributed by atoms with Gasteiger partial charge in [-0.25, -0.2) is 0 Å². The van der Waals surface area contributed by atoms with E-state index in [4.69, 9.17) is 29.2 Å². The Kier molecular flexibility index (Phi) is 16.3. The van der Waals surface area contributed by atoms with Crippen molar-refractivity contribution in [1.82, 2.24) is 0 Å². The highest BCUT2D eigenvalue weighted by Crippen LogP contribution is 2.56. The molecular formula is C45H58O6. The highest BCUT2D eigenvalue weighted by atomic mass is 16.5. The van der Waals surface area contributed by atoms with E-state index in [0.717, 1.165) is 63.2 Å². The van der Waals surface area contributed by atoms with Gasteiger partial charge in [0, 0.05) is 26.4 Å². The fourth-order valence-corrected chi connectivity index (χ4v) is 7.31. The average Bonchev–Trinajstić information content (AvgIpc) is 3.47. The molecule has 0 aliphatic heterocycles. The highest BCUT2D eigenvalue weighted by Gasteiger charge is 2.45. The van der Waals surface area contributed by atoms with Crippen molar-refractivity contribution in [2.24, 2.45) is 0 Å². The maximum absolute atomic E-state index is 8.90. The second-order valence-corrected chi connectivity index (χ2v) is 13.5. The fourth-order valence-electron chi connectivity index (χ4n) is 7.31. The molecule has 1 aliphatic rings. The maximum atomic E-state index is 8.90. The van der Waals surface area contributed by atoms with Crippen LogP contribution in [0.3, 0.4) is 0 Å². The van der Waals surface area contributed by atoms with E-state index in [1.165, 1.54) is 71.9 Å². The lowest BCUT2D eigenvalue weighted by molar-refractivity contribution is 0.0970. The summed E-state index contributed by atoms with van der Waals surface area (Å²) in [5.74, 6) is 1.68.